The van der Waals surface area contributed by atoms with Gasteiger partial charge in [-0.15, -0.1) is 0 Å². The van der Waals surface area contributed by atoms with Gasteiger partial charge in [-0.2, -0.15) is 4.31 Å². The van der Waals surface area contributed by atoms with Crippen LogP contribution < -0.4 is 5.32 Å². The first-order valence-electron chi connectivity index (χ1n) is 8.51. The van der Waals surface area contributed by atoms with E-state index >= 15 is 0 Å². The molecule has 0 saturated carbocycles. The molecule has 0 aliphatic rings. The van der Waals surface area contributed by atoms with Gasteiger partial charge in [0.05, 0.1) is 12.2 Å². The highest BCUT2D eigenvalue weighted by atomic mass is 35.5. The Balaban J connectivity index is 2.14. The van der Waals surface area contributed by atoms with Crippen molar-refractivity contribution in [2.45, 2.75) is 13.3 Å². The fourth-order valence-corrected chi connectivity index (χ4v) is 3.70. The minimum absolute atomic E-state index is 0.0287. The van der Waals surface area contributed by atoms with Crippen molar-refractivity contribution in [3.63, 3.8) is 0 Å². The number of sulfonamides is 1. The summed E-state index contributed by atoms with van der Waals surface area (Å²) < 4.78 is 66.0. The number of hydrogen-bond acceptors (Lipinski definition) is 3. The summed E-state index contributed by atoms with van der Waals surface area (Å²) in [6.45, 7) is 1.12. The summed E-state index contributed by atoms with van der Waals surface area (Å²) in [5.74, 6) is -5.59. The predicted octanol–water partition coefficient (Wildman–Crippen LogP) is 4.41. The van der Waals surface area contributed by atoms with Gasteiger partial charge in [-0.1, -0.05) is 30.7 Å². The molecule has 1 N–H and O–H groups in total. The second kappa shape index (κ2) is 9.91. The van der Waals surface area contributed by atoms with E-state index in [9.17, 15) is 26.4 Å². The van der Waals surface area contributed by atoms with E-state index in [4.69, 9.17) is 11.6 Å². The van der Waals surface area contributed by atoms with Gasteiger partial charge in [-0.25, -0.2) is 21.6 Å². The fraction of sp³-hybridized carbons (Fsp3) is 0.211. The van der Waals surface area contributed by atoms with E-state index in [1.807, 2.05) is 0 Å². The molecule has 0 aromatic heterocycles. The Morgan fingerprint density at radius 1 is 1.10 bits per heavy atom. The number of benzene rings is 2. The normalized spacial score (nSPS) is 11.9. The quantitative estimate of drug-likeness (QED) is 0.611. The zero-order chi connectivity index (χ0) is 21.6. The highest BCUT2D eigenvalue weighted by Gasteiger charge is 2.23. The SMILES string of the molecule is CCCN(CC(=O)Nc1ccc(F)c(F)c1F)S(=O)(=O)/C=C/c1ccc(Cl)cc1. The second-order valence-electron chi connectivity index (χ2n) is 6.00. The number of hydrogen-bond donors (Lipinski definition) is 1. The molecule has 5 nitrogen and oxygen atoms in total. The Labute approximate surface area is 171 Å². The molecule has 156 valence electrons. The smallest absolute Gasteiger partial charge is 0.239 e. The lowest BCUT2D eigenvalue weighted by molar-refractivity contribution is -0.116. The molecule has 2 rings (SSSR count). The number of nitrogens with one attached hydrogen (secondary N) is 1. The van der Waals surface area contributed by atoms with Gasteiger partial charge in [0.1, 0.15) is 0 Å². The van der Waals surface area contributed by atoms with Crippen molar-refractivity contribution in [3.8, 4) is 0 Å². The molecule has 0 heterocycles. The van der Waals surface area contributed by atoms with Crippen molar-refractivity contribution in [1.82, 2.24) is 4.31 Å². The van der Waals surface area contributed by atoms with E-state index in [1.165, 1.54) is 6.08 Å². The number of anilines is 1. The summed E-state index contributed by atoms with van der Waals surface area (Å²) in [6, 6.07) is 7.95. The van der Waals surface area contributed by atoms with Crippen LogP contribution in [0.4, 0.5) is 18.9 Å². The molecule has 2 aromatic carbocycles. The van der Waals surface area contributed by atoms with Crippen LogP contribution in [-0.4, -0.2) is 31.7 Å². The summed E-state index contributed by atoms with van der Waals surface area (Å²) >= 11 is 5.78. The third-order valence-corrected chi connectivity index (χ3v) is 5.53. The molecule has 2 aromatic rings. The minimum atomic E-state index is -3.97. The second-order valence-corrected chi connectivity index (χ2v) is 8.26. The van der Waals surface area contributed by atoms with E-state index in [0.717, 1.165) is 15.8 Å². The van der Waals surface area contributed by atoms with Crippen molar-refractivity contribution >= 4 is 39.3 Å². The predicted molar refractivity (Wildman–Crippen MR) is 106 cm³/mol. The molecule has 0 atom stereocenters. The lowest BCUT2D eigenvalue weighted by Gasteiger charge is -2.19. The summed E-state index contributed by atoms with van der Waals surface area (Å²) in [5, 5.41) is 3.49. The van der Waals surface area contributed by atoms with E-state index in [1.54, 1.807) is 31.2 Å². The monoisotopic (exact) mass is 446 g/mol. The standard InChI is InChI=1S/C19H18ClF3N2O3S/c1-2-10-25(29(27,28)11-9-13-3-5-14(20)6-4-13)12-17(26)24-16-8-7-15(21)18(22)19(16)23/h3-9,11H,2,10,12H2,1H3,(H,24,26)/b11-9+. The minimum Gasteiger partial charge on any atom is -0.322 e. The van der Waals surface area contributed by atoms with E-state index < -0.39 is 45.6 Å². The number of amides is 1. The number of rotatable bonds is 8. The number of carbonyl (C=O) groups excluding carboxylic acids is 1. The topological polar surface area (TPSA) is 66.5 Å². The van der Waals surface area contributed by atoms with Gasteiger partial charge in [0.15, 0.2) is 17.5 Å². The van der Waals surface area contributed by atoms with Crippen LogP contribution in [0.25, 0.3) is 6.08 Å². The van der Waals surface area contributed by atoms with Crippen molar-refractivity contribution in [2.75, 3.05) is 18.4 Å². The van der Waals surface area contributed by atoms with Gasteiger partial charge in [-0.05, 0) is 42.3 Å². The van der Waals surface area contributed by atoms with Crippen LogP contribution >= 0.6 is 11.6 Å². The molecule has 0 aliphatic carbocycles. The zero-order valence-electron chi connectivity index (χ0n) is 15.3. The van der Waals surface area contributed by atoms with Crippen LogP contribution in [0.5, 0.6) is 0 Å². The molecular formula is C19H18ClF3N2O3S. The number of halogens is 4. The lowest BCUT2D eigenvalue weighted by Crippen LogP contribution is -2.37. The zero-order valence-corrected chi connectivity index (χ0v) is 16.9. The third kappa shape index (κ3) is 6.31. The Kier molecular flexibility index (Phi) is 7.83. The van der Waals surface area contributed by atoms with E-state index in [0.29, 0.717) is 23.1 Å². The number of nitrogens with zero attached hydrogens (tertiary/aromatic N) is 1. The average Bonchev–Trinajstić information content (AvgIpc) is 2.68. The van der Waals surface area contributed by atoms with Crippen molar-refractivity contribution in [2.24, 2.45) is 0 Å². The van der Waals surface area contributed by atoms with Crippen LogP contribution in [0.2, 0.25) is 5.02 Å². The molecule has 0 saturated heterocycles. The Morgan fingerprint density at radius 3 is 2.38 bits per heavy atom. The summed E-state index contributed by atoms with van der Waals surface area (Å²) in [6.07, 6.45) is 1.77. The maximum Gasteiger partial charge on any atom is 0.239 e. The highest BCUT2D eigenvalue weighted by Crippen LogP contribution is 2.20. The molecule has 0 radical (unpaired) electrons. The summed E-state index contributed by atoms with van der Waals surface area (Å²) in [5.41, 5.74) is 0.00202. The molecule has 0 bridgehead atoms. The fourth-order valence-electron chi connectivity index (χ4n) is 2.34. The van der Waals surface area contributed by atoms with Gasteiger partial charge in [0.25, 0.3) is 0 Å². The maximum absolute atomic E-state index is 13.7. The lowest BCUT2D eigenvalue weighted by atomic mass is 10.2. The largest absolute Gasteiger partial charge is 0.322 e. The van der Waals surface area contributed by atoms with Crippen LogP contribution in [0.1, 0.15) is 18.9 Å². The van der Waals surface area contributed by atoms with Crippen LogP contribution in [-0.2, 0) is 14.8 Å². The van der Waals surface area contributed by atoms with Crippen LogP contribution in [0, 0.1) is 17.5 Å². The third-order valence-electron chi connectivity index (χ3n) is 3.76. The first-order valence-corrected chi connectivity index (χ1v) is 10.4. The molecule has 1 amide bonds. The van der Waals surface area contributed by atoms with Crippen LogP contribution in [0.3, 0.4) is 0 Å². The highest BCUT2D eigenvalue weighted by molar-refractivity contribution is 7.92. The molecule has 10 heteroatoms. The van der Waals surface area contributed by atoms with Crippen molar-refractivity contribution in [1.29, 1.82) is 0 Å². The van der Waals surface area contributed by atoms with Gasteiger partial charge < -0.3 is 5.32 Å². The summed E-state index contributed by atoms with van der Waals surface area (Å²) in [7, 11) is -3.97. The molecular weight excluding hydrogens is 429 g/mol. The van der Waals surface area contributed by atoms with Gasteiger partial charge >= 0.3 is 0 Å². The van der Waals surface area contributed by atoms with Gasteiger partial charge in [0.2, 0.25) is 15.9 Å². The molecule has 0 fully saturated rings. The van der Waals surface area contributed by atoms with Crippen LogP contribution in [0.15, 0.2) is 41.8 Å². The molecule has 0 aliphatic heterocycles. The molecule has 0 unspecified atom stereocenters. The first kappa shape index (κ1) is 22.9. The summed E-state index contributed by atoms with van der Waals surface area (Å²) in [4.78, 5) is 12.2. The van der Waals surface area contributed by atoms with Crippen molar-refractivity contribution in [3.05, 3.63) is 69.8 Å². The Morgan fingerprint density at radius 2 is 1.76 bits per heavy atom. The van der Waals surface area contributed by atoms with Gasteiger partial charge in [0, 0.05) is 17.0 Å². The number of carbonyl (C=O) groups is 1. The average molecular weight is 447 g/mol. The maximum atomic E-state index is 13.7. The Hall–Kier alpha value is -2.36. The molecule has 0 spiro atoms. The van der Waals surface area contributed by atoms with Gasteiger partial charge in [-0.3, -0.25) is 4.79 Å². The first-order chi connectivity index (χ1) is 13.6. The Bertz CT molecular complexity index is 1010. The molecule has 29 heavy (non-hydrogen) atoms. The van der Waals surface area contributed by atoms with E-state index in [-0.39, 0.29) is 6.54 Å². The van der Waals surface area contributed by atoms with E-state index in [2.05, 4.69) is 5.32 Å². The van der Waals surface area contributed by atoms with Crippen molar-refractivity contribution < 1.29 is 26.4 Å².